The lowest BCUT2D eigenvalue weighted by Gasteiger charge is -2.39. The Hall–Kier alpha value is -0.900. The Kier molecular flexibility index (Phi) is 4.21. The molecule has 0 aromatic rings. The number of rotatable bonds is 5. The van der Waals surface area contributed by atoms with Crippen molar-refractivity contribution in [3.63, 3.8) is 0 Å². The van der Waals surface area contributed by atoms with Crippen LogP contribution >= 0.6 is 0 Å². The molecule has 1 heterocycles. The monoisotopic (exact) mass is 255 g/mol. The smallest absolute Gasteiger partial charge is 0.236 e. The summed E-state index contributed by atoms with van der Waals surface area (Å²) in [6, 6.07) is 0. The van der Waals surface area contributed by atoms with Crippen molar-refractivity contribution >= 4 is 11.8 Å². The Morgan fingerprint density at radius 3 is 2.11 bits per heavy atom. The number of aliphatic hydroxyl groups excluding tert-OH is 1. The summed E-state index contributed by atoms with van der Waals surface area (Å²) in [5, 5.41) is 9.64. The van der Waals surface area contributed by atoms with Gasteiger partial charge < -0.3 is 5.11 Å². The number of carbonyl (C=O) groups excluding carboxylic acids is 2. The summed E-state index contributed by atoms with van der Waals surface area (Å²) < 4.78 is 0. The molecule has 0 aromatic heterocycles. The molecule has 1 rings (SSSR count). The molecule has 0 bridgehead atoms. The number of hydrogen-bond acceptors (Lipinski definition) is 3. The highest BCUT2D eigenvalue weighted by Gasteiger charge is 2.55. The first-order valence-corrected chi connectivity index (χ1v) is 6.77. The summed E-state index contributed by atoms with van der Waals surface area (Å²) in [6.07, 6.45) is 1.43. The van der Waals surface area contributed by atoms with Gasteiger partial charge in [0.05, 0.1) is 17.6 Å². The van der Waals surface area contributed by atoms with Crippen LogP contribution in [0.3, 0.4) is 0 Å². The van der Waals surface area contributed by atoms with E-state index in [-0.39, 0.29) is 30.8 Å². The maximum Gasteiger partial charge on any atom is 0.236 e. The molecule has 2 amide bonds. The summed E-state index contributed by atoms with van der Waals surface area (Å²) in [5.74, 6) is -0.154. The van der Waals surface area contributed by atoms with Crippen LogP contribution in [0, 0.1) is 11.3 Å². The molecule has 104 valence electrons. The van der Waals surface area contributed by atoms with Crippen LogP contribution < -0.4 is 0 Å². The van der Waals surface area contributed by atoms with Crippen LogP contribution in [-0.2, 0) is 9.59 Å². The standard InChI is InChI=1S/C14H25NO3/c1-6-14(7-2,9-16)15-11(17)8-13(5,10(3)4)12(15)18/h10,16H,6-9H2,1-5H3. The SMILES string of the molecule is CCC(CC)(CO)N1C(=O)CC(C)(C(C)C)C1=O. The average Bonchev–Trinajstić information content (AvgIpc) is 2.57. The van der Waals surface area contributed by atoms with Gasteiger partial charge in [0.1, 0.15) is 0 Å². The second kappa shape index (κ2) is 5.00. The van der Waals surface area contributed by atoms with Gasteiger partial charge in [0.2, 0.25) is 11.8 Å². The maximum absolute atomic E-state index is 12.6. The highest BCUT2D eigenvalue weighted by atomic mass is 16.3. The first-order chi connectivity index (χ1) is 8.29. The number of amides is 2. The fraction of sp³-hybridized carbons (Fsp3) is 0.857. The Balaban J connectivity index is 3.19. The van der Waals surface area contributed by atoms with Gasteiger partial charge in [-0.05, 0) is 25.7 Å². The highest BCUT2D eigenvalue weighted by molar-refractivity contribution is 6.06. The summed E-state index contributed by atoms with van der Waals surface area (Å²) in [7, 11) is 0. The van der Waals surface area contributed by atoms with Crippen molar-refractivity contribution < 1.29 is 14.7 Å². The normalized spacial score (nSPS) is 25.4. The van der Waals surface area contributed by atoms with E-state index in [1.807, 2.05) is 34.6 Å². The number of nitrogens with zero attached hydrogens (tertiary/aromatic N) is 1. The molecule has 1 atom stereocenters. The van der Waals surface area contributed by atoms with Gasteiger partial charge in [-0.15, -0.1) is 0 Å². The van der Waals surface area contributed by atoms with Crippen LogP contribution in [0.1, 0.15) is 53.9 Å². The first kappa shape index (κ1) is 15.2. The number of hydrogen-bond donors (Lipinski definition) is 1. The molecule has 1 aliphatic heterocycles. The lowest BCUT2D eigenvalue weighted by molar-refractivity contribution is -0.151. The lowest BCUT2D eigenvalue weighted by atomic mass is 9.77. The van der Waals surface area contributed by atoms with Gasteiger partial charge >= 0.3 is 0 Å². The molecule has 1 fully saturated rings. The first-order valence-electron chi connectivity index (χ1n) is 6.77. The van der Waals surface area contributed by atoms with Gasteiger partial charge in [0.25, 0.3) is 0 Å². The van der Waals surface area contributed by atoms with Gasteiger partial charge in [0, 0.05) is 6.42 Å². The van der Waals surface area contributed by atoms with E-state index in [2.05, 4.69) is 0 Å². The Morgan fingerprint density at radius 1 is 1.33 bits per heavy atom. The number of likely N-dealkylation sites (tertiary alicyclic amines) is 1. The van der Waals surface area contributed by atoms with Crippen LogP contribution in [0.25, 0.3) is 0 Å². The third kappa shape index (κ3) is 1.96. The molecule has 1 saturated heterocycles. The third-order valence-corrected chi connectivity index (χ3v) is 4.82. The van der Waals surface area contributed by atoms with Crippen molar-refractivity contribution in [1.29, 1.82) is 0 Å². The van der Waals surface area contributed by atoms with E-state index in [1.165, 1.54) is 4.90 Å². The van der Waals surface area contributed by atoms with E-state index >= 15 is 0 Å². The molecule has 0 radical (unpaired) electrons. The third-order valence-electron chi connectivity index (χ3n) is 4.82. The fourth-order valence-corrected chi connectivity index (χ4v) is 2.63. The van der Waals surface area contributed by atoms with E-state index in [4.69, 9.17) is 0 Å². The molecule has 1 aliphatic rings. The van der Waals surface area contributed by atoms with Crippen molar-refractivity contribution in [2.75, 3.05) is 6.61 Å². The molecule has 0 aromatic carbocycles. The second-order valence-electron chi connectivity index (χ2n) is 5.87. The van der Waals surface area contributed by atoms with Gasteiger partial charge in [-0.3, -0.25) is 14.5 Å². The Bertz CT molecular complexity index is 339. The molecule has 0 aliphatic carbocycles. The van der Waals surface area contributed by atoms with E-state index in [9.17, 15) is 14.7 Å². The van der Waals surface area contributed by atoms with Gasteiger partial charge in [-0.25, -0.2) is 0 Å². The number of carbonyl (C=O) groups is 2. The van der Waals surface area contributed by atoms with E-state index < -0.39 is 11.0 Å². The number of aliphatic hydroxyl groups is 1. The minimum atomic E-state index is -0.721. The van der Waals surface area contributed by atoms with Crippen LogP contribution in [0.15, 0.2) is 0 Å². The molecule has 0 spiro atoms. The minimum Gasteiger partial charge on any atom is -0.394 e. The second-order valence-corrected chi connectivity index (χ2v) is 5.87. The zero-order valence-corrected chi connectivity index (χ0v) is 12.1. The van der Waals surface area contributed by atoms with Crippen LogP contribution in [0.2, 0.25) is 0 Å². The van der Waals surface area contributed by atoms with E-state index in [1.54, 1.807) is 0 Å². The lowest BCUT2D eigenvalue weighted by Crippen LogP contribution is -2.55. The average molecular weight is 255 g/mol. The highest BCUT2D eigenvalue weighted by Crippen LogP contribution is 2.43. The molecule has 1 unspecified atom stereocenters. The largest absolute Gasteiger partial charge is 0.394 e. The van der Waals surface area contributed by atoms with Crippen molar-refractivity contribution in [2.24, 2.45) is 11.3 Å². The van der Waals surface area contributed by atoms with E-state index in [0.29, 0.717) is 12.8 Å². The quantitative estimate of drug-likeness (QED) is 0.764. The summed E-state index contributed by atoms with van der Waals surface area (Å²) in [6.45, 7) is 9.44. The zero-order chi connectivity index (χ0) is 14.1. The molecule has 0 saturated carbocycles. The molecule has 18 heavy (non-hydrogen) atoms. The van der Waals surface area contributed by atoms with Gasteiger partial charge in [0.15, 0.2) is 0 Å². The van der Waals surface area contributed by atoms with E-state index in [0.717, 1.165) is 0 Å². The maximum atomic E-state index is 12.6. The zero-order valence-electron chi connectivity index (χ0n) is 12.1. The van der Waals surface area contributed by atoms with Crippen molar-refractivity contribution in [3.8, 4) is 0 Å². The fourth-order valence-electron chi connectivity index (χ4n) is 2.63. The minimum absolute atomic E-state index is 0.115. The van der Waals surface area contributed by atoms with Crippen molar-refractivity contribution in [3.05, 3.63) is 0 Å². The van der Waals surface area contributed by atoms with Crippen molar-refractivity contribution in [1.82, 2.24) is 4.90 Å². The molecular weight excluding hydrogens is 230 g/mol. The van der Waals surface area contributed by atoms with Crippen LogP contribution in [0.5, 0.6) is 0 Å². The molecule has 4 heteroatoms. The van der Waals surface area contributed by atoms with Crippen LogP contribution in [-0.4, -0.2) is 34.0 Å². The summed E-state index contributed by atoms with van der Waals surface area (Å²) in [4.78, 5) is 26.2. The predicted molar refractivity (Wildman–Crippen MR) is 69.8 cm³/mol. The Labute approximate surface area is 109 Å². The van der Waals surface area contributed by atoms with Crippen LogP contribution in [0.4, 0.5) is 0 Å². The molecular formula is C14H25NO3. The molecule has 4 nitrogen and oxygen atoms in total. The van der Waals surface area contributed by atoms with Gasteiger partial charge in [-0.1, -0.05) is 27.7 Å². The van der Waals surface area contributed by atoms with Gasteiger partial charge in [-0.2, -0.15) is 0 Å². The summed E-state index contributed by atoms with van der Waals surface area (Å²) >= 11 is 0. The van der Waals surface area contributed by atoms with Crippen molar-refractivity contribution in [2.45, 2.75) is 59.4 Å². The number of imide groups is 1. The Morgan fingerprint density at radius 2 is 1.83 bits per heavy atom. The topological polar surface area (TPSA) is 57.6 Å². The predicted octanol–water partition coefficient (Wildman–Crippen LogP) is 1.96. The summed E-state index contributed by atoms with van der Waals surface area (Å²) in [5.41, 5.74) is -1.34. The molecule has 1 N–H and O–H groups in total.